The van der Waals surface area contributed by atoms with Gasteiger partial charge in [-0.05, 0) is 75.1 Å². The number of esters is 1. The van der Waals surface area contributed by atoms with E-state index in [-0.39, 0.29) is 12.0 Å². The number of benzene rings is 3. The van der Waals surface area contributed by atoms with Gasteiger partial charge in [0.2, 0.25) is 0 Å². The lowest BCUT2D eigenvalue weighted by molar-refractivity contribution is -0.887. The fraction of sp³-hybridized carbons (Fsp3) is 0.462. The van der Waals surface area contributed by atoms with Gasteiger partial charge in [-0.25, -0.2) is 4.79 Å². The van der Waals surface area contributed by atoms with Gasteiger partial charge in [-0.3, -0.25) is 0 Å². The van der Waals surface area contributed by atoms with Crippen LogP contribution in [0.4, 0.5) is 0 Å². The molecule has 0 bridgehead atoms. The van der Waals surface area contributed by atoms with Crippen molar-refractivity contribution in [2.45, 2.75) is 90.5 Å². The Morgan fingerprint density at radius 3 is 2.02 bits per heavy atom. The van der Waals surface area contributed by atoms with Crippen molar-refractivity contribution in [1.82, 2.24) is 4.57 Å². The van der Waals surface area contributed by atoms with Gasteiger partial charge in [0.05, 0.1) is 27.7 Å². The highest BCUT2D eigenvalue weighted by atomic mass is 16.6. The van der Waals surface area contributed by atoms with Gasteiger partial charge in [-0.2, -0.15) is 0 Å². The number of hydrogen-bond acceptors (Lipinski definition) is 4. The molecule has 0 N–H and O–H groups in total. The molecule has 45 heavy (non-hydrogen) atoms. The van der Waals surface area contributed by atoms with Gasteiger partial charge >= 0.3 is 5.97 Å². The van der Waals surface area contributed by atoms with Crippen LogP contribution in [-0.2, 0) is 29.1 Å². The number of rotatable bonds is 17. The van der Waals surface area contributed by atoms with Crippen LogP contribution in [0.5, 0.6) is 11.5 Å². The van der Waals surface area contributed by atoms with E-state index in [9.17, 15) is 4.79 Å². The summed E-state index contributed by atoms with van der Waals surface area (Å²) in [4.78, 5) is 13.2. The van der Waals surface area contributed by atoms with E-state index in [0.717, 1.165) is 43.1 Å². The molecule has 3 aromatic carbocycles. The van der Waals surface area contributed by atoms with E-state index < -0.39 is 5.60 Å². The van der Waals surface area contributed by atoms with Crippen LogP contribution < -0.4 is 9.47 Å². The predicted molar refractivity (Wildman–Crippen MR) is 184 cm³/mol. The van der Waals surface area contributed by atoms with E-state index in [0.29, 0.717) is 17.5 Å². The molecule has 0 aliphatic carbocycles. The molecule has 0 saturated carbocycles. The number of unbranched alkanes of at least 4 members (excludes halogenated alkanes) is 5. The smallest absolute Gasteiger partial charge is 0.365 e. The zero-order valence-corrected chi connectivity index (χ0v) is 28.3. The Bertz CT molecular complexity index is 1460. The normalized spacial score (nSPS) is 12.7. The molecule has 1 unspecified atom stereocenters. The van der Waals surface area contributed by atoms with Crippen LogP contribution in [0.15, 0.2) is 85.1 Å². The van der Waals surface area contributed by atoms with Crippen LogP contribution >= 0.6 is 0 Å². The standard InChI is InChI=1S/C39H53N2O4/c1-39(2,3)45-38(42)37(41(4,5)6)28-32-29-40(36-21-15-14-20-35(32)36)26-16-9-7-8-10-17-27-43-33-22-24-34(25-23-33)44-30-31-18-12-11-13-19-31/h11-15,18-25,29,37H,7-10,16-17,26-28,30H2,1-6H3/q+1. The molecule has 0 fully saturated rings. The lowest BCUT2D eigenvalue weighted by Gasteiger charge is -2.34. The Morgan fingerprint density at radius 2 is 1.36 bits per heavy atom. The lowest BCUT2D eigenvalue weighted by atomic mass is 10.0. The van der Waals surface area contributed by atoms with E-state index in [1.54, 1.807) is 0 Å². The van der Waals surface area contributed by atoms with Gasteiger partial charge in [-0.15, -0.1) is 0 Å². The molecule has 0 saturated heterocycles. The van der Waals surface area contributed by atoms with E-state index in [4.69, 9.17) is 14.2 Å². The average molecular weight is 614 g/mol. The Balaban J connectivity index is 1.16. The molecule has 4 aromatic rings. The molecule has 242 valence electrons. The van der Waals surface area contributed by atoms with Gasteiger partial charge < -0.3 is 23.3 Å². The van der Waals surface area contributed by atoms with Gasteiger partial charge in [0, 0.05) is 30.1 Å². The molecule has 1 aromatic heterocycles. The Hall–Kier alpha value is -3.77. The van der Waals surface area contributed by atoms with Crippen LogP contribution in [0.2, 0.25) is 0 Å². The SMILES string of the molecule is CC(C)(C)OC(=O)C(Cc1cn(CCCCCCCCOc2ccc(OCc3ccccc3)cc2)c2ccccc12)[N+](C)(C)C. The lowest BCUT2D eigenvalue weighted by Crippen LogP contribution is -2.52. The number of quaternary nitrogens is 1. The Morgan fingerprint density at radius 1 is 0.756 bits per heavy atom. The van der Waals surface area contributed by atoms with E-state index in [1.807, 2.05) is 63.2 Å². The topological polar surface area (TPSA) is 49.7 Å². The van der Waals surface area contributed by atoms with Crippen LogP contribution in [0, 0.1) is 0 Å². The monoisotopic (exact) mass is 613 g/mol. The first-order valence-corrected chi connectivity index (χ1v) is 16.5. The number of nitrogens with zero attached hydrogens (tertiary/aromatic N) is 2. The number of ether oxygens (including phenoxy) is 3. The third kappa shape index (κ3) is 11.0. The molecule has 0 aliphatic rings. The predicted octanol–water partition coefficient (Wildman–Crippen LogP) is 8.60. The Labute approximate surface area is 270 Å². The van der Waals surface area contributed by atoms with Crippen molar-refractivity contribution in [3.05, 3.63) is 96.2 Å². The summed E-state index contributed by atoms with van der Waals surface area (Å²) in [6.45, 7) is 8.08. The number of likely N-dealkylation sites (N-methyl/N-ethyl adjacent to an activating group) is 1. The van der Waals surface area contributed by atoms with Gasteiger partial charge in [-0.1, -0.05) is 74.2 Å². The molecular weight excluding hydrogens is 560 g/mol. The van der Waals surface area contributed by atoms with E-state index in [1.165, 1.54) is 42.1 Å². The molecule has 1 atom stereocenters. The number of para-hydroxylation sites is 1. The number of fused-ring (bicyclic) bond motifs is 1. The Kier molecular flexibility index (Phi) is 12.1. The second-order valence-electron chi connectivity index (χ2n) is 13.9. The fourth-order valence-electron chi connectivity index (χ4n) is 5.58. The first kappa shape index (κ1) is 34.1. The number of aryl methyl sites for hydroxylation is 1. The summed E-state index contributed by atoms with van der Waals surface area (Å²) < 4.78 is 20.5. The third-order valence-corrected chi connectivity index (χ3v) is 8.03. The minimum absolute atomic E-state index is 0.140. The third-order valence-electron chi connectivity index (χ3n) is 8.03. The molecule has 0 aliphatic heterocycles. The van der Waals surface area contributed by atoms with Crippen LogP contribution in [-0.4, -0.2) is 54.4 Å². The maximum Gasteiger partial charge on any atom is 0.365 e. The molecule has 0 amide bonds. The van der Waals surface area contributed by atoms with Crippen LogP contribution in [0.25, 0.3) is 10.9 Å². The fourth-order valence-corrected chi connectivity index (χ4v) is 5.58. The number of hydrogen-bond donors (Lipinski definition) is 0. The first-order chi connectivity index (χ1) is 21.5. The van der Waals surface area contributed by atoms with Crippen molar-refractivity contribution in [3.8, 4) is 11.5 Å². The second-order valence-corrected chi connectivity index (χ2v) is 13.9. The van der Waals surface area contributed by atoms with Gasteiger partial charge in [0.25, 0.3) is 0 Å². The number of carbonyl (C=O) groups excluding carboxylic acids is 1. The van der Waals surface area contributed by atoms with Crippen LogP contribution in [0.3, 0.4) is 0 Å². The maximum absolute atomic E-state index is 13.2. The summed E-state index contributed by atoms with van der Waals surface area (Å²) in [6.07, 6.45) is 9.92. The van der Waals surface area contributed by atoms with Crippen molar-refractivity contribution in [2.24, 2.45) is 0 Å². The molecule has 0 spiro atoms. The zero-order valence-electron chi connectivity index (χ0n) is 28.3. The number of aromatic nitrogens is 1. The zero-order chi connectivity index (χ0) is 32.3. The molecule has 1 heterocycles. The largest absolute Gasteiger partial charge is 0.494 e. The first-order valence-electron chi connectivity index (χ1n) is 16.5. The van der Waals surface area contributed by atoms with Crippen molar-refractivity contribution in [2.75, 3.05) is 27.7 Å². The molecule has 0 radical (unpaired) electrons. The summed E-state index contributed by atoms with van der Waals surface area (Å²) in [5.74, 6) is 1.60. The summed E-state index contributed by atoms with van der Waals surface area (Å²) in [5.41, 5.74) is 3.11. The van der Waals surface area contributed by atoms with Crippen molar-refractivity contribution < 1.29 is 23.5 Å². The molecule has 6 heteroatoms. The van der Waals surface area contributed by atoms with Crippen molar-refractivity contribution in [1.29, 1.82) is 0 Å². The minimum Gasteiger partial charge on any atom is -0.494 e. The summed E-state index contributed by atoms with van der Waals surface area (Å²) in [6, 6.07) is 26.4. The minimum atomic E-state index is -0.503. The van der Waals surface area contributed by atoms with Crippen LogP contribution in [0.1, 0.15) is 70.4 Å². The second kappa shape index (κ2) is 16.0. The van der Waals surface area contributed by atoms with Crippen molar-refractivity contribution >= 4 is 16.9 Å². The number of carbonyl (C=O) groups is 1. The van der Waals surface area contributed by atoms with Crippen molar-refractivity contribution in [3.63, 3.8) is 0 Å². The van der Waals surface area contributed by atoms with E-state index in [2.05, 4.69) is 68.3 Å². The molecule has 6 nitrogen and oxygen atoms in total. The molecular formula is C39H53N2O4+. The quantitative estimate of drug-likeness (QED) is 0.0680. The van der Waals surface area contributed by atoms with E-state index >= 15 is 0 Å². The van der Waals surface area contributed by atoms with Gasteiger partial charge in [0.15, 0.2) is 6.04 Å². The highest BCUT2D eigenvalue weighted by Gasteiger charge is 2.36. The summed E-state index contributed by atoms with van der Waals surface area (Å²) >= 11 is 0. The summed E-state index contributed by atoms with van der Waals surface area (Å²) in [5, 5.41) is 1.23. The maximum atomic E-state index is 13.2. The van der Waals surface area contributed by atoms with Gasteiger partial charge in [0.1, 0.15) is 23.7 Å². The average Bonchev–Trinajstić information content (AvgIpc) is 3.35. The molecule has 4 rings (SSSR count). The highest BCUT2D eigenvalue weighted by molar-refractivity contribution is 5.85. The highest BCUT2D eigenvalue weighted by Crippen LogP contribution is 2.26. The summed E-state index contributed by atoms with van der Waals surface area (Å²) in [7, 11) is 6.21.